The first-order chi connectivity index (χ1) is 16.2. The smallest absolute Gasteiger partial charge is 0.471 e. The number of benzene rings is 1. The van der Waals surface area contributed by atoms with Gasteiger partial charge in [-0.25, -0.2) is 4.98 Å². The van der Waals surface area contributed by atoms with Crippen LogP contribution in [0.4, 0.5) is 13.2 Å². The summed E-state index contributed by atoms with van der Waals surface area (Å²) in [6, 6.07) is 6.82. The molecule has 0 atom stereocenters. The standard InChI is InChI=1S/C22H20F3N5O4/c1-12-9-16(20-28-21(34-30-20)22(23,24)25)10-13(2)18(12)32-8-4-7-31-17-6-5-15(11-26-17)19-27-14(3)33-29-19/h5-6,9-11H,4,7-8H2,1-3H3. The van der Waals surface area contributed by atoms with Crippen molar-refractivity contribution in [2.75, 3.05) is 13.2 Å². The van der Waals surface area contributed by atoms with Crippen LogP contribution in [0.1, 0.15) is 29.3 Å². The van der Waals surface area contributed by atoms with Crippen molar-refractivity contribution < 1.29 is 31.7 Å². The highest BCUT2D eigenvalue weighted by Gasteiger charge is 2.38. The lowest BCUT2D eigenvalue weighted by atomic mass is 10.1. The predicted octanol–water partition coefficient (Wildman–Crippen LogP) is 4.97. The molecule has 0 spiro atoms. The normalized spacial score (nSPS) is 11.6. The van der Waals surface area contributed by atoms with Gasteiger partial charge in [-0.3, -0.25) is 0 Å². The van der Waals surface area contributed by atoms with Crippen molar-refractivity contribution in [3.05, 3.63) is 53.4 Å². The van der Waals surface area contributed by atoms with E-state index in [1.165, 1.54) is 0 Å². The van der Waals surface area contributed by atoms with Gasteiger partial charge in [0.2, 0.25) is 23.4 Å². The molecule has 4 rings (SSSR count). The molecule has 0 unspecified atom stereocenters. The van der Waals surface area contributed by atoms with Gasteiger partial charge in [-0.2, -0.15) is 23.1 Å². The van der Waals surface area contributed by atoms with Crippen LogP contribution in [0.2, 0.25) is 0 Å². The van der Waals surface area contributed by atoms with Gasteiger partial charge in [-0.1, -0.05) is 10.3 Å². The van der Waals surface area contributed by atoms with E-state index in [2.05, 4.69) is 29.8 Å². The first-order valence-electron chi connectivity index (χ1n) is 10.3. The molecule has 0 fully saturated rings. The SMILES string of the molecule is Cc1nc(-c2ccc(OCCCOc3c(C)cc(-c4noc(C(F)(F)F)n4)cc3C)nc2)no1. The summed E-state index contributed by atoms with van der Waals surface area (Å²) in [5, 5.41) is 7.26. The Morgan fingerprint density at radius 1 is 0.853 bits per heavy atom. The van der Waals surface area contributed by atoms with Crippen LogP contribution in [0.5, 0.6) is 11.6 Å². The Hall–Kier alpha value is -3.96. The third kappa shape index (κ3) is 5.33. The second-order valence-corrected chi connectivity index (χ2v) is 7.43. The summed E-state index contributed by atoms with van der Waals surface area (Å²) < 4.78 is 58.9. The second-order valence-electron chi connectivity index (χ2n) is 7.43. The van der Waals surface area contributed by atoms with Crippen molar-refractivity contribution >= 4 is 0 Å². The number of halogens is 3. The molecule has 4 aromatic rings. The summed E-state index contributed by atoms with van der Waals surface area (Å²) in [4.78, 5) is 11.8. The number of pyridine rings is 1. The van der Waals surface area contributed by atoms with E-state index in [1.807, 2.05) is 0 Å². The van der Waals surface area contributed by atoms with Gasteiger partial charge in [0, 0.05) is 36.7 Å². The number of rotatable bonds is 8. The van der Waals surface area contributed by atoms with Crippen LogP contribution < -0.4 is 9.47 Å². The van der Waals surface area contributed by atoms with E-state index in [9.17, 15) is 13.2 Å². The van der Waals surface area contributed by atoms with Crippen molar-refractivity contribution in [2.24, 2.45) is 0 Å². The van der Waals surface area contributed by atoms with Crippen molar-refractivity contribution in [1.29, 1.82) is 0 Å². The lowest BCUT2D eigenvalue weighted by Gasteiger charge is -2.13. The van der Waals surface area contributed by atoms with Crippen molar-refractivity contribution in [2.45, 2.75) is 33.4 Å². The molecule has 0 saturated heterocycles. The first-order valence-corrected chi connectivity index (χ1v) is 10.3. The molecule has 0 radical (unpaired) electrons. The number of ether oxygens (including phenoxy) is 2. The Morgan fingerprint density at radius 3 is 2.12 bits per heavy atom. The molecule has 178 valence electrons. The predicted molar refractivity (Wildman–Crippen MR) is 112 cm³/mol. The molecule has 3 aromatic heterocycles. The van der Waals surface area contributed by atoms with Crippen molar-refractivity contribution in [3.8, 4) is 34.4 Å². The molecule has 0 aliphatic carbocycles. The van der Waals surface area contributed by atoms with Crippen LogP contribution in [0, 0.1) is 20.8 Å². The molecule has 34 heavy (non-hydrogen) atoms. The van der Waals surface area contributed by atoms with Gasteiger partial charge in [0.1, 0.15) is 5.75 Å². The number of hydrogen-bond acceptors (Lipinski definition) is 9. The average molecular weight is 475 g/mol. The van der Waals surface area contributed by atoms with E-state index in [4.69, 9.17) is 14.0 Å². The molecule has 0 saturated carbocycles. The highest BCUT2D eigenvalue weighted by Crippen LogP contribution is 2.32. The van der Waals surface area contributed by atoms with Gasteiger partial charge in [-0.05, 0) is 43.2 Å². The maximum atomic E-state index is 12.7. The van der Waals surface area contributed by atoms with E-state index in [0.29, 0.717) is 48.5 Å². The average Bonchev–Trinajstić information content (AvgIpc) is 3.45. The summed E-state index contributed by atoms with van der Waals surface area (Å²) in [5.74, 6) is 0.515. The Labute approximate surface area is 191 Å². The van der Waals surface area contributed by atoms with Crippen LogP contribution >= 0.6 is 0 Å². The molecule has 0 bridgehead atoms. The van der Waals surface area contributed by atoms with E-state index in [1.54, 1.807) is 51.2 Å². The molecule has 0 N–H and O–H groups in total. The van der Waals surface area contributed by atoms with Gasteiger partial charge in [0.25, 0.3) is 0 Å². The Kier molecular flexibility index (Phi) is 6.48. The van der Waals surface area contributed by atoms with Gasteiger partial charge in [0.05, 0.1) is 13.2 Å². The fourth-order valence-electron chi connectivity index (χ4n) is 3.19. The summed E-state index contributed by atoms with van der Waals surface area (Å²) in [6.45, 7) is 6.06. The maximum Gasteiger partial charge on any atom is 0.471 e. The monoisotopic (exact) mass is 475 g/mol. The number of aryl methyl sites for hydroxylation is 3. The van der Waals surface area contributed by atoms with E-state index >= 15 is 0 Å². The van der Waals surface area contributed by atoms with Gasteiger partial charge in [0.15, 0.2) is 0 Å². The van der Waals surface area contributed by atoms with E-state index in [-0.39, 0.29) is 5.82 Å². The fourth-order valence-corrected chi connectivity index (χ4v) is 3.19. The summed E-state index contributed by atoms with van der Waals surface area (Å²) >= 11 is 0. The molecular weight excluding hydrogens is 455 g/mol. The molecular formula is C22H20F3N5O4. The Morgan fingerprint density at radius 2 is 1.53 bits per heavy atom. The topological polar surface area (TPSA) is 109 Å². The summed E-state index contributed by atoms with van der Waals surface area (Å²) in [7, 11) is 0. The zero-order valence-electron chi connectivity index (χ0n) is 18.5. The molecule has 0 aliphatic rings. The fraction of sp³-hybridized carbons (Fsp3) is 0.318. The molecule has 0 amide bonds. The number of alkyl halides is 3. The zero-order chi connectivity index (χ0) is 24.3. The van der Waals surface area contributed by atoms with Crippen LogP contribution in [0.3, 0.4) is 0 Å². The van der Waals surface area contributed by atoms with Crippen molar-refractivity contribution in [3.63, 3.8) is 0 Å². The largest absolute Gasteiger partial charge is 0.493 e. The third-order valence-electron chi connectivity index (χ3n) is 4.69. The summed E-state index contributed by atoms with van der Waals surface area (Å²) in [5.41, 5.74) is 2.61. The first kappa shape index (κ1) is 23.2. The minimum absolute atomic E-state index is 0.133. The van der Waals surface area contributed by atoms with E-state index in [0.717, 1.165) is 16.7 Å². The summed E-state index contributed by atoms with van der Waals surface area (Å²) in [6.07, 6.45) is -2.49. The molecule has 12 heteroatoms. The quantitative estimate of drug-likeness (QED) is 0.326. The minimum atomic E-state index is -4.69. The highest BCUT2D eigenvalue weighted by atomic mass is 19.4. The lowest BCUT2D eigenvalue weighted by molar-refractivity contribution is -0.159. The number of nitrogens with zero attached hydrogens (tertiary/aromatic N) is 5. The maximum absolute atomic E-state index is 12.7. The van der Waals surface area contributed by atoms with Crippen LogP contribution in [0.15, 0.2) is 39.5 Å². The van der Waals surface area contributed by atoms with Gasteiger partial charge in [-0.15, -0.1) is 0 Å². The highest BCUT2D eigenvalue weighted by molar-refractivity contribution is 5.61. The van der Waals surface area contributed by atoms with Gasteiger partial charge < -0.3 is 18.5 Å². The zero-order valence-corrected chi connectivity index (χ0v) is 18.5. The minimum Gasteiger partial charge on any atom is -0.493 e. The number of aromatic nitrogens is 5. The molecule has 0 aliphatic heterocycles. The lowest BCUT2D eigenvalue weighted by Crippen LogP contribution is -2.07. The van der Waals surface area contributed by atoms with Crippen LogP contribution in [0.25, 0.3) is 22.8 Å². The van der Waals surface area contributed by atoms with Crippen LogP contribution in [-0.2, 0) is 6.18 Å². The van der Waals surface area contributed by atoms with Crippen molar-refractivity contribution in [1.82, 2.24) is 25.3 Å². The van der Waals surface area contributed by atoms with Crippen LogP contribution in [-0.4, -0.2) is 38.5 Å². The second kappa shape index (κ2) is 9.49. The van der Waals surface area contributed by atoms with Gasteiger partial charge >= 0.3 is 12.1 Å². The van der Waals surface area contributed by atoms with E-state index < -0.39 is 12.1 Å². The molecule has 1 aromatic carbocycles. The Balaban J connectivity index is 1.29. The molecule has 9 nitrogen and oxygen atoms in total. The Bertz CT molecular complexity index is 1250. The number of hydrogen-bond donors (Lipinski definition) is 0. The molecule has 3 heterocycles. The third-order valence-corrected chi connectivity index (χ3v) is 4.69.